The second-order valence-electron chi connectivity index (χ2n) is 3.08. The number of carbonyl (C=O) groups excluding carboxylic acids is 1. The first kappa shape index (κ1) is 11.3. The number of benzene rings is 1. The van der Waals surface area contributed by atoms with Gasteiger partial charge in [0.25, 0.3) is 0 Å². The van der Waals surface area contributed by atoms with Crippen LogP contribution in [0.1, 0.15) is 12.5 Å². The van der Waals surface area contributed by atoms with Gasteiger partial charge in [0.05, 0.1) is 10.7 Å². The van der Waals surface area contributed by atoms with Crippen molar-refractivity contribution in [3.05, 3.63) is 27.7 Å². The third kappa shape index (κ3) is 2.02. The fraction of sp³-hybridized carbons (Fsp3) is 0.300. The summed E-state index contributed by atoms with van der Waals surface area (Å²) < 4.78 is 0. The molecule has 1 aromatic carbocycles. The van der Waals surface area contributed by atoms with E-state index in [1.807, 2.05) is 6.92 Å². The van der Waals surface area contributed by atoms with Crippen molar-refractivity contribution in [3.63, 3.8) is 0 Å². The molecule has 0 spiro atoms. The highest BCUT2D eigenvalue weighted by molar-refractivity contribution is 6.38. The Hall–Kier alpha value is -0.730. The average Bonchev–Trinajstić information content (AvgIpc) is 2.13. The molecule has 0 heterocycles. The van der Waals surface area contributed by atoms with Gasteiger partial charge in [-0.25, -0.2) is 0 Å². The molecule has 0 saturated carbocycles. The van der Waals surface area contributed by atoms with E-state index in [-0.39, 0.29) is 5.91 Å². The van der Waals surface area contributed by atoms with E-state index in [2.05, 4.69) is 0 Å². The van der Waals surface area contributed by atoms with Gasteiger partial charge in [-0.3, -0.25) is 4.79 Å². The molecule has 0 aliphatic rings. The van der Waals surface area contributed by atoms with E-state index in [9.17, 15) is 4.79 Å². The Morgan fingerprint density at radius 2 is 1.93 bits per heavy atom. The Morgan fingerprint density at radius 1 is 1.36 bits per heavy atom. The average molecular weight is 232 g/mol. The minimum atomic E-state index is -0.0615. The van der Waals surface area contributed by atoms with Crippen LogP contribution in [-0.4, -0.2) is 13.0 Å². The van der Waals surface area contributed by atoms with Gasteiger partial charge in [0, 0.05) is 19.0 Å². The highest BCUT2D eigenvalue weighted by Crippen LogP contribution is 2.32. The van der Waals surface area contributed by atoms with Crippen molar-refractivity contribution < 1.29 is 4.79 Å². The molecular formula is C10H11Cl2NO. The summed E-state index contributed by atoms with van der Waals surface area (Å²) in [5.41, 5.74) is 1.47. The van der Waals surface area contributed by atoms with Crippen LogP contribution in [0.4, 0.5) is 5.69 Å². The van der Waals surface area contributed by atoms with Crippen LogP contribution in [0.2, 0.25) is 10.0 Å². The molecule has 0 aliphatic heterocycles. The summed E-state index contributed by atoms with van der Waals surface area (Å²) in [6, 6.07) is 3.47. The maximum atomic E-state index is 11.1. The summed E-state index contributed by atoms with van der Waals surface area (Å²) in [6.45, 7) is 3.31. The molecule has 0 fully saturated rings. The molecule has 4 heteroatoms. The lowest BCUT2D eigenvalue weighted by Crippen LogP contribution is -2.23. The van der Waals surface area contributed by atoms with Gasteiger partial charge >= 0.3 is 0 Å². The summed E-state index contributed by atoms with van der Waals surface area (Å²) in [7, 11) is 1.68. The molecule has 2 nitrogen and oxygen atoms in total. The lowest BCUT2D eigenvalue weighted by Gasteiger charge is -2.18. The van der Waals surface area contributed by atoms with E-state index in [0.717, 1.165) is 5.56 Å². The quantitative estimate of drug-likeness (QED) is 0.727. The normalized spacial score (nSPS) is 10.1. The van der Waals surface area contributed by atoms with Crippen molar-refractivity contribution in [2.45, 2.75) is 13.8 Å². The second-order valence-corrected chi connectivity index (χ2v) is 3.87. The number of anilines is 1. The Labute approximate surface area is 93.4 Å². The zero-order valence-corrected chi connectivity index (χ0v) is 9.78. The number of hydrogen-bond donors (Lipinski definition) is 0. The number of nitrogens with zero attached hydrogens (tertiary/aromatic N) is 1. The Kier molecular flexibility index (Phi) is 3.40. The zero-order chi connectivity index (χ0) is 10.9. The first-order chi connectivity index (χ1) is 6.45. The molecule has 14 heavy (non-hydrogen) atoms. The first-order valence-electron chi connectivity index (χ1n) is 4.14. The molecular weight excluding hydrogens is 221 g/mol. The van der Waals surface area contributed by atoms with Crippen LogP contribution in [0, 0.1) is 6.92 Å². The van der Waals surface area contributed by atoms with Crippen molar-refractivity contribution in [1.29, 1.82) is 0 Å². The molecule has 0 atom stereocenters. The van der Waals surface area contributed by atoms with Gasteiger partial charge in [0.15, 0.2) is 0 Å². The van der Waals surface area contributed by atoms with E-state index in [0.29, 0.717) is 15.7 Å². The molecule has 0 aromatic heterocycles. The number of carbonyl (C=O) groups is 1. The third-order valence-corrected chi connectivity index (χ3v) is 3.02. The van der Waals surface area contributed by atoms with Crippen LogP contribution in [0.15, 0.2) is 12.1 Å². The van der Waals surface area contributed by atoms with Gasteiger partial charge in [-0.05, 0) is 24.6 Å². The first-order valence-corrected chi connectivity index (χ1v) is 4.89. The van der Waals surface area contributed by atoms with Crippen molar-refractivity contribution >= 4 is 34.8 Å². The van der Waals surface area contributed by atoms with E-state index in [1.165, 1.54) is 11.8 Å². The SMILES string of the molecule is CC(=O)N(C)c1ccc(Cl)c(C)c1Cl. The van der Waals surface area contributed by atoms with E-state index in [4.69, 9.17) is 23.2 Å². The monoisotopic (exact) mass is 231 g/mol. The maximum Gasteiger partial charge on any atom is 0.223 e. The Balaban J connectivity index is 3.24. The molecule has 1 amide bonds. The number of rotatable bonds is 1. The highest BCUT2D eigenvalue weighted by Gasteiger charge is 2.12. The summed E-state index contributed by atoms with van der Waals surface area (Å²) in [6.07, 6.45) is 0. The van der Waals surface area contributed by atoms with E-state index >= 15 is 0 Å². The predicted molar refractivity (Wildman–Crippen MR) is 60.3 cm³/mol. The van der Waals surface area contributed by atoms with Crippen LogP contribution in [-0.2, 0) is 4.79 Å². The molecule has 0 bridgehead atoms. The van der Waals surface area contributed by atoms with Crippen molar-refractivity contribution in [1.82, 2.24) is 0 Å². The minimum Gasteiger partial charge on any atom is -0.314 e. The van der Waals surface area contributed by atoms with Crippen LogP contribution >= 0.6 is 23.2 Å². The molecule has 0 N–H and O–H groups in total. The number of hydrogen-bond acceptors (Lipinski definition) is 1. The van der Waals surface area contributed by atoms with Crippen LogP contribution < -0.4 is 4.90 Å². The Bertz CT molecular complexity index is 377. The smallest absolute Gasteiger partial charge is 0.223 e. The van der Waals surface area contributed by atoms with Gasteiger partial charge in [-0.15, -0.1) is 0 Å². The fourth-order valence-corrected chi connectivity index (χ4v) is 1.57. The van der Waals surface area contributed by atoms with Crippen LogP contribution in [0.25, 0.3) is 0 Å². The highest BCUT2D eigenvalue weighted by atomic mass is 35.5. The van der Waals surface area contributed by atoms with Gasteiger partial charge in [0.1, 0.15) is 0 Å². The van der Waals surface area contributed by atoms with Gasteiger partial charge < -0.3 is 4.90 Å². The zero-order valence-electron chi connectivity index (χ0n) is 8.27. The lowest BCUT2D eigenvalue weighted by atomic mass is 10.2. The maximum absolute atomic E-state index is 11.1. The summed E-state index contributed by atoms with van der Waals surface area (Å²) in [5, 5.41) is 1.13. The van der Waals surface area contributed by atoms with E-state index in [1.54, 1.807) is 19.2 Å². The minimum absolute atomic E-state index is 0.0615. The molecule has 0 aliphatic carbocycles. The topological polar surface area (TPSA) is 20.3 Å². The molecule has 0 unspecified atom stereocenters. The largest absolute Gasteiger partial charge is 0.314 e. The van der Waals surface area contributed by atoms with Crippen LogP contribution in [0.3, 0.4) is 0 Å². The molecule has 76 valence electrons. The standard InChI is InChI=1S/C10H11Cl2NO/c1-6-8(11)4-5-9(10(6)12)13(3)7(2)14/h4-5H,1-3H3. The van der Waals surface area contributed by atoms with Crippen molar-refractivity contribution in [2.24, 2.45) is 0 Å². The summed E-state index contributed by atoms with van der Waals surface area (Å²) in [5.74, 6) is -0.0615. The predicted octanol–water partition coefficient (Wildman–Crippen LogP) is 3.28. The van der Waals surface area contributed by atoms with Crippen molar-refractivity contribution in [3.8, 4) is 0 Å². The number of halogens is 2. The Morgan fingerprint density at radius 3 is 2.43 bits per heavy atom. The number of amides is 1. The van der Waals surface area contributed by atoms with Gasteiger partial charge in [-0.1, -0.05) is 23.2 Å². The molecule has 0 saturated heterocycles. The van der Waals surface area contributed by atoms with Gasteiger partial charge in [0.2, 0.25) is 5.91 Å². The molecule has 0 radical (unpaired) electrons. The fourth-order valence-electron chi connectivity index (χ4n) is 1.08. The van der Waals surface area contributed by atoms with Crippen LogP contribution in [0.5, 0.6) is 0 Å². The lowest BCUT2D eigenvalue weighted by molar-refractivity contribution is -0.116. The van der Waals surface area contributed by atoms with E-state index < -0.39 is 0 Å². The summed E-state index contributed by atoms with van der Waals surface area (Å²) >= 11 is 11.9. The summed E-state index contributed by atoms with van der Waals surface area (Å²) in [4.78, 5) is 12.6. The van der Waals surface area contributed by atoms with Gasteiger partial charge in [-0.2, -0.15) is 0 Å². The molecule has 1 rings (SSSR count). The van der Waals surface area contributed by atoms with Crippen molar-refractivity contribution in [2.75, 3.05) is 11.9 Å². The third-order valence-electron chi connectivity index (χ3n) is 2.13. The second kappa shape index (κ2) is 4.20. The molecule has 1 aromatic rings.